The zero-order valence-corrected chi connectivity index (χ0v) is 13.8. The first-order valence-corrected chi connectivity index (χ1v) is 8.42. The first-order valence-electron chi connectivity index (χ1n) is 8.04. The molecule has 2 aliphatic rings. The van der Waals surface area contributed by atoms with E-state index in [1.807, 2.05) is 12.1 Å². The Balaban J connectivity index is 1.81. The molecule has 0 unspecified atom stereocenters. The fourth-order valence-corrected chi connectivity index (χ4v) is 3.44. The lowest BCUT2D eigenvalue weighted by molar-refractivity contribution is 0.409. The largest absolute Gasteiger partial charge is 0.306 e. The average Bonchev–Trinajstić information content (AvgIpc) is 3.11. The Kier molecular flexibility index (Phi) is 3.46. The molecular weight excluding hydrogens is 296 g/mol. The first-order chi connectivity index (χ1) is 10.6. The zero-order valence-electron chi connectivity index (χ0n) is 13.1. The standard InChI is InChI=1S/C17H21ClN4/c1-11-14(18)4-3-5-15(11)22-17(13-8-9-21(2)10-13)19-16(20-22)12-6-7-12/h3-5,12-13H,6-10H2,1-2H3/t13-/m1/s1. The van der Waals surface area contributed by atoms with Gasteiger partial charge in [-0.3, -0.25) is 0 Å². The van der Waals surface area contributed by atoms with Crippen LogP contribution in [0.5, 0.6) is 0 Å². The summed E-state index contributed by atoms with van der Waals surface area (Å²) in [5.41, 5.74) is 2.14. The van der Waals surface area contributed by atoms with Gasteiger partial charge in [0.1, 0.15) is 5.82 Å². The van der Waals surface area contributed by atoms with Gasteiger partial charge in [-0.25, -0.2) is 9.67 Å². The Hall–Kier alpha value is -1.39. The van der Waals surface area contributed by atoms with Crippen molar-refractivity contribution in [2.24, 2.45) is 0 Å². The second-order valence-electron chi connectivity index (χ2n) is 6.65. The minimum atomic E-state index is 0.461. The number of aromatic nitrogens is 3. The van der Waals surface area contributed by atoms with Gasteiger partial charge in [0.2, 0.25) is 0 Å². The molecule has 1 aromatic heterocycles. The first kappa shape index (κ1) is 14.2. The summed E-state index contributed by atoms with van der Waals surface area (Å²) >= 11 is 6.31. The molecule has 0 spiro atoms. The van der Waals surface area contributed by atoms with Gasteiger partial charge in [-0.1, -0.05) is 17.7 Å². The smallest absolute Gasteiger partial charge is 0.154 e. The van der Waals surface area contributed by atoms with Crippen LogP contribution in [0, 0.1) is 6.92 Å². The Morgan fingerprint density at radius 3 is 2.68 bits per heavy atom. The number of hydrogen-bond donors (Lipinski definition) is 0. The quantitative estimate of drug-likeness (QED) is 0.868. The Morgan fingerprint density at radius 1 is 1.18 bits per heavy atom. The third-order valence-electron chi connectivity index (χ3n) is 4.81. The Labute approximate surface area is 136 Å². The van der Waals surface area contributed by atoms with E-state index in [-0.39, 0.29) is 0 Å². The number of hydrogen-bond acceptors (Lipinski definition) is 3. The van der Waals surface area contributed by atoms with Crippen molar-refractivity contribution in [2.75, 3.05) is 20.1 Å². The molecule has 2 fully saturated rings. The fraction of sp³-hybridized carbons (Fsp3) is 0.529. The maximum Gasteiger partial charge on any atom is 0.154 e. The van der Waals surface area contributed by atoms with Gasteiger partial charge in [0, 0.05) is 23.4 Å². The van der Waals surface area contributed by atoms with Crippen LogP contribution in [0.2, 0.25) is 5.02 Å². The number of rotatable bonds is 3. The number of likely N-dealkylation sites (tertiary alicyclic amines) is 1. The third kappa shape index (κ3) is 2.44. The van der Waals surface area contributed by atoms with Crippen LogP contribution in [0.15, 0.2) is 18.2 Å². The number of likely N-dealkylation sites (N-methyl/N-ethyl adjacent to an activating group) is 1. The van der Waals surface area contributed by atoms with Gasteiger partial charge < -0.3 is 4.90 Å². The third-order valence-corrected chi connectivity index (χ3v) is 5.22. The van der Waals surface area contributed by atoms with Gasteiger partial charge in [-0.2, -0.15) is 5.10 Å². The zero-order chi connectivity index (χ0) is 15.3. The van der Waals surface area contributed by atoms with Gasteiger partial charge in [0.15, 0.2) is 5.82 Å². The summed E-state index contributed by atoms with van der Waals surface area (Å²) in [4.78, 5) is 7.28. The number of nitrogens with zero attached hydrogens (tertiary/aromatic N) is 4. The lowest BCUT2D eigenvalue weighted by Gasteiger charge is -2.14. The van der Waals surface area contributed by atoms with Crippen molar-refractivity contribution in [2.45, 2.75) is 38.0 Å². The Morgan fingerprint density at radius 2 is 2.00 bits per heavy atom. The summed E-state index contributed by atoms with van der Waals surface area (Å²) in [6.07, 6.45) is 3.60. The van der Waals surface area contributed by atoms with Crippen LogP contribution in [-0.2, 0) is 0 Å². The van der Waals surface area contributed by atoms with Crippen LogP contribution in [0.1, 0.15) is 48.3 Å². The summed E-state index contributed by atoms with van der Waals surface area (Å²) in [5, 5.41) is 5.63. The molecule has 0 N–H and O–H groups in total. The molecule has 1 aromatic carbocycles. The molecule has 0 bridgehead atoms. The summed E-state index contributed by atoms with van der Waals surface area (Å²) in [6.45, 7) is 4.24. The molecule has 116 valence electrons. The molecule has 1 atom stereocenters. The summed E-state index contributed by atoms with van der Waals surface area (Å²) in [7, 11) is 2.17. The van der Waals surface area contributed by atoms with Crippen molar-refractivity contribution >= 4 is 11.6 Å². The fourth-order valence-electron chi connectivity index (χ4n) is 3.27. The molecular formula is C17H21ClN4. The highest BCUT2D eigenvalue weighted by Gasteiger charge is 2.33. The van der Waals surface area contributed by atoms with Crippen LogP contribution in [-0.4, -0.2) is 39.8 Å². The van der Waals surface area contributed by atoms with Gasteiger partial charge in [0.05, 0.1) is 5.69 Å². The topological polar surface area (TPSA) is 34.0 Å². The molecule has 0 amide bonds. The SMILES string of the molecule is Cc1c(Cl)cccc1-n1nc(C2CC2)nc1[C@@H]1CCN(C)C1. The van der Waals surface area contributed by atoms with Crippen LogP contribution < -0.4 is 0 Å². The monoisotopic (exact) mass is 316 g/mol. The van der Waals surface area contributed by atoms with Crippen molar-refractivity contribution in [1.29, 1.82) is 0 Å². The van der Waals surface area contributed by atoms with E-state index in [2.05, 4.69) is 29.6 Å². The van der Waals surface area contributed by atoms with Gasteiger partial charge in [-0.05, 0) is 57.5 Å². The lowest BCUT2D eigenvalue weighted by atomic mass is 10.1. The molecule has 5 heteroatoms. The van der Waals surface area contributed by atoms with E-state index in [0.29, 0.717) is 11.8 Å². The normalized spacial score (nSPS) is 22.4. The molecule has 1 aliphatic carbocycles. The summed E-state index contributed by atoms with van der Waals surface area (Å²) in [6, 6.07) is 6.02. The molecule has 4 rings (SSSR count). The minimum Gasteiger partial charge on any atom is -0.306 e. The van der Waals surface area contributed by atoms with Gasteiger partial charge >= 0.3 is 0 Å². The molecule has 1 aliphatic heterocycles. The lowest BCUT2D eigenvalue weighted by Crippen LogP contribution is -2.16. The van der Waals surface area contributed by atoms with E-state index in [1.54, 1.807) is 0 Å². The molecule has 1 saturated heterocycles. The average molecular weight is 317 g/mol. The van der Waals surface area contributed by atoms with Gasteiger partial charge in [0.25, 0.3) is 0 Å². The second-order valence-corrected chi connectivity index (χ2v) is 7.05. The molecule has 2 heterocycles. The number of benzene rings is 1. The van der Waals surface area contributed by atoms with Crippen LogP contribution in [0.3, 0.4) is 0 Å². The molecule has 1 saturated carbocycles. The Bertz CT molecular complexity index is 705. The van der Waals surface area contributed by atoms with Crippen LogP contribution >= 0.6 is 11.6 Å². The van der Waals surface area contributed by atoms with E-state index in [4.69, 9.17) is 21.7 Å². The van der Waals surface area contributed by atoms with Crippen LogP contribution in [0.4, 0.5) is 0 Å². The van der Waals surface area contributed by atoms with Gasteiger partial charge in [-0.15, -0.1) is 0 Å². The highest BCUT2D eigenvalue weighted by atomic mass is 35.5. The predicted molar refractivity (Wildman–Crippen MR) is 87.9 cm³/mol. The van der Waals surface area contributed by atoms with E-state index >= 15 is 0 Å². The molecule has 0 radical (unpaired) electrons. The summed E-state index contributed by atoms with van der Waals surface area (Å²) < 4.78 is 2.05. The van der Waals surface area contributed by atoms with E-state index in [9.17, 15) is 0 Å². The molecule has 4 nitrogen and oxygen atoms in total. The van der Waals surface area contributed by atoms with Crippen molar-refractivity contribution in [1.82, 2.24) is 19.7 Å². The van der Waals surface area contributed by atoms with E-state index in [1.165, 1.54) is 12.8 Å². The molecule has 22 heavy (non-hydrogen) atoms. The van der Waals surface area contributed by atoms with Crippen molar-refractivity contribution in [3.63, 3.8) is 0 Å². The van der Waals surface area contributed by atoms with E-state index in [0.717, 1.165) is 47.4 Å². The highest BCUT2D eigenvalue weighted by molar-refractivity contribution is 6.31. The maximum absolute atomic E-state index is 6.31. The number of halogens is 1. The van der Waals surface area contributed by atoms with Crippen molar-refractivity contribution in [3.8, 4) is 5.69 Å². The van der Waals surface area contributed by atoms with Crippen molar-refractivity contribution < 1.29 is 0 Å². The van der Waals surface area contributed by atoms with E-state index < -0.39 is 0 Å². The second kappa shape index (κ2) is 5.36. The minimum absolute atomic E-state index is 0.461. The highest BCUT2D eigenvalue weighted by Crippen LogP contribution is 2.40. The maximum atomic E-state index is 6.31. The molecule has 2 aromatic rings. The predicted octanol–water partition coefficient (Wildman–Crippen LogP) is 3.53. The summed E-state index contributed by atoms with van der Waals surface area (Å²) in [5.74, 6) is 3.16. The van der Waals surface area contributed by atoms with Crippen LogP contribution in [0.25, 0.3) is 5.69 Å². The van der Waals surface area contributed by atoms with Crippen molar-refractivity contribution in [3.05, 3.63) is 40.4 Å².